The van der Waals surface area contributed by atoms with Crippen LogP contribution in [0.5, 0.6) is 0 Å². The van der Waals surface area contributed by atoms with Crippen LogP contribution in [0.15, 0.2) is 6.33 Å². The van der Waals surface area contributed by atoms with Gasteiger partial charge in [0.2, 0.25) is 0 Å². The topological polar surface area (TPSA) is 34.0 Å². The third-order valence-electron chi connectivity index (χ3n) is 1.23. The van der Waals surface area contributed by atoms with Crippen molar-refractivity contribution in [2.24, 2.45) is 0 Å². The lowest BCUT2D eigenvalue weighted by atomic mass is 10.7. The molecule has 1 rings (SSSR count). The molecule has 56 valence electrons. The molecule has 1 aromatic rings. The zero-order valence-corrected chi connectivity index (χ0v) is 6.57. The molecule has 0 saturated heterocycles. The van der Waals surface area contributed by atoms with Crippen LogP contribution >= 0.6 is 0 Å². The SMILES string of the molecule is Cc1ncnn1CN(C)C. The normalized spacial score (nSPS) is 10.8. The average molecular weight is 140 g/mol. The fourth-order valence-corrected chi connectivity index (χ4v) is 0.729. The highest BCUT2D eigenvalue weighted by Crippen LogP contribution is 1.90. The third-order valence-corrected chi connectivity index (χ3v) is 1.23. The van der Waals surface area contributed by atoms with E-state index in [1.165, 1.54) is 0 Å². The van der Waals surface area contributed by atoms with Crippen molar-refractivity contribution in [3.8, 4) is 0 Å². The van der Waals surface area contributed by atoms with E-state index in [0.29, 0.717) is 0 Å². The first-order valence-corrected chi connectivity index (χ1v) is 3.19. The summed E-state index contributed by atoms with van der Waals surface area (Å²) in [6.07, 6.45) is 1.57. The Morgan fingerprint density at radius 3 is 2.70 bits per heavy atom. The smallest absolute Gasteiger partial charge is 0.138 e. The van der Waals surface area contributed by atoms with Gasteiger partial charge in [0.15, 0.2) is 0 Å². The molecule has 0 aliphatic heterocycles. The van der Waals surface area contributed by atoms with Crippen molar-refractivity contribution in [3.63, 3.8) is 0 Å². The van der Waals surface area contributed by atoms with Gasteiger partial charge in [-0.1, -0.05) is 0 Å². The van der Waals surface area contributed by atoms with Crippen LogP contribution in [0, 0.1) is 6.92 Å². The molecule has 0 fully saturated rings. The van der Waals surface area contributed by atoms with E-state index in [1.807, 2.05) is 30.6 Å². The molecule has 0 atom stereocenters. The monoisotopic (exact) mass is 140 g/mol. The Balaban J connectivity index is 2.65. The lowest BCUT2D eigenvalue weighted by molar-refractivity contribution is 0.302. The minimum absolute atomic E-state index is 0.797. The minimum Gasteiger partial charge on any atom is -0.291 e. The van der Waals surface area contributed by atoms with Gasteiger partial charge >= 0.3 is 0 Å². The molecule has 0 radical (unpaired) electrons. The molecule has 1 heterocycles. The summed E-state index contributed by atoms with van der Waals surface area (Å²) in [6.45, 7) is 2.74. The second-order valence-corrected chi connectivity index (χ2v) is 2.53. The van der Waals surface area contributed by atoms with E-state index in [-0.39, 0.29) is 0 Å². The highest BCUT2D eigenvalue weighted by molar-refractivity contribution is 4.77. The van der Waals surface area contributed by atoms with Gasteiger partial charge in [-0.05, 0) is 21.0 Å². The summed E-state index contributed by atoms with van der Waals surface area (Å²) < 4.78 is 1.85. The molecule has 0 N–H and O–H groups in total. The van der Waals surface area contributed by atoms with Gasteiger partial charge in [0, 0.05) is 0 Å². The predicted molar refractivity (Wildman–Crippen MR) is 38.4 cm³/mol. The number of hydrogen-bond donors (Lipinski definition) is 0. The van der Waals surface area contributed by atoms with Crippen LogP contribution in [0.25, 0.3) is 0 Å². The van der Waals surface area contributed by atoms with Crippen LogP contribution in [0.4, 0.5) is 0 Å². The van der Waals surface area contributed by atoms with Crippen LogP contribution in [0.1, 0.15) is 5.82 Å². The molecule has 0 aromatic carbocycles. The van der Waals surface area contributed by atoms with Gasteiger partial charge in [-0.15, -0.1) is 0 Å². The van der Waals surface area contributed by atoms with Crippen LogP contribution < -0.4 is 0 Å². The first-order chi connectivity index (χ1) is 4.70. The van der Waals surface area contributed by atoms with Gasteiger partial charge < -0.3 is 0 Å². The molecule has 0 amide bonds. The Morgan fingerprint density at radius 2 is 2.30 bits per heavy atom. The zero-order valence-electron chi connectivity index (χ0n) is 6.57. The third kappa shape index (κ3) is 1.54. The molecule has 0 unspecified atom stereocenters. The van der Waals surface area contributed by atoms with Crippen molar-refractivity contribution in [1.29, 1.82) is 0 Å². The highest BCUT2D eigenvalue weighted by Gasteiger charge is 1.97. The Hall–Kier alpha value is -0.900. The Morgan fingerprint density at radius 1 is 1.60 bits per heavy atom. The maximum Gasteiger partial charge on any atom is 0.138 e. The summed E-state index contributed by atoms with van der Waals surface area (Å²) in [6, 6.07) is 0. The van der Waals surface area contributed by atoms with Crippen LogP contribution in [-0.4, -0.2) is 33.8 Å². The molecule has 1 aromatic heterocycles. The number of aryl methyl sites for hydroxylation is 1. The van der Waals surface area contributed by atoms with Crippen molar-refractivity contribution in [2.75, 3.05) is 14.1 Å². The fourth-order valence-electron chi connectivity index (χ4n) is 0.729. The second-order valence-electron chi connectivity index (χ2n) is 2.53. The van der Waals surface area contributed by atoms with Gasteiger partial charge in [0.05, 0.1) is 6.67 Å². The molecule has 4 nitrogen and oxygen atoms in total. The lowest BCUT2D eigenvalue weighted by Crippen LogP contribution is -2.18. The number of nitrogens with zero attached hydrogens (tertiary/aromatic N) is 4. The van der Waals surface area contributed by atoms with E-state index in [2.05, 4.69) is 10.1 Å². The maximum atomic E-state index is 4.02. The average Bonchev–Trinajstić information content (AvgIpc) is 2.15. The largest absolute Gasteiger partial charge is 0.291 e. The molecule has 4 heteroatoms. The molecular weight excluding hydrogens is 128 g/mol. The fraction of sp³-hybridized carbons (Fsp3) is 0.667. The second kappa shape index (κ2) is 2.79. The maximum absolute atomic E-state index is 4.02. The van der Waals surface area contributed by atoms with Crippen molar-refractivity contribution in [2.45, 2.75) is 13.6 Å². The Bertz CT molecular complexity index is 203. The van der Waals surface area contributed by atoms with E-state index < -0.39 is 0 Å². The van der Waals surface area contributed by atoms with Crippen molar-refractivity contribution >= 4 is 0 Å². The van der Waals surface area contributed by atoms with Gasteiger partial charge in [-0.3, -0.25) is 4.90 Å². The molecule has 0 saturated carbocycles. The van der Waals surface area contributed by atoms with Crippen molar-refractivity contribution in [3.05, 3.63) is 12.2 Å². The first kappa shape index (κ1) is 7.21. The van der Waals surface area contributed by atoms with Crippen LogP contribution in [0.3, 0.4) is 0 Å². The highest BCUT2D eigenvalue weighted by atomic mass is 15.4. The van der Waals surface area contributed by atoms with Crippen LogP contribution in [-0.2, 0) is 6.67 Å². The van der Waals surface area contributed by atoms with E-state index in [1.54, 1.807) is 6.33 Å². The Labute approximate surface area is 60.5 Å². The molecule has 10 heavy (non-hydrogen) atoms. The van der Waals surface area contributed by atoms with Gasteiger partial charge in [0.25, 0.3) is 0 Å². The van der Waals surface area contributed by atoms with E-state index >= 15 is 0 Å². The summed E-state index contributed by atoms with van der Waals surface area (Å²) in [7, 11) is 4.00. The zero-order chi connectivity index (χ0) is 7.56. The van der Waals surface area contributed by atoms with Gasteiger partial charge in [-0.25, -0.2) is 9.67 Å². The number of aromatic nitrogens is 3. The quantitative estimate of drug-likeness (QED) is 0.584. The van der Waals surface area contributed by atoms with E-state index in [4.69, 9.17) is 0 Å². The van der Waals surface area contributed by atoms with Crippen molar-refractivity contribution < 1.29 is 0 Å². The lowest BCUT2D eigenvalue weighted by Gasteiger charge is -2.09. The molecule has 0 aliphatic rings. The molecular formula is C6H12N4. The summed E-state index contributed by atoms with van der Waals surface area (Å²) in [5, 5.41) is 4.02. The summed E-state index contributed by atoms with van der Waals surface area (Å²) in [5.74, 6) is 0.953. The molecule has 0 aliphatic carbocycles. The van der Waals surface area contributed by atoms with E-state index in [9.17, 15) is 0 Å². The van der Waals surface area contributed by atoms with E-state index in [0.717, 1.165) is 12.5 Å². The molecule has 0 spiro atoms. The summed E-state index contributed by atoms with van der Waals surface area (Å²) in [4.78, 5) is 6.04. The number of rotatable bonds is 2. The van der Waals surface area contributed by atoms with Crippen molar-refractivity contribution in [1.82, 2.24) is 19.7 Å². The minimum atomic E-state index is 0.797. The number of hydrogen-bond acceptors (Lipinski definition) is 3. The summed E-state index contributed by atoms with van der Waals surface area (Å²) >= 11 is 0. The predicted octanol–water partition coefficient (Wildman–Crippen LogP) is 0.106. The van der Waals surface area contributed by atoms with Gasteiger partial charge in [0.1, 0.15) is 12.2 Å². The van der Waals surface area contributed by atoms with Crippen LogP contribution in [0.2, 0.25) is 0 Å². The molecule has 0 bridgehead atoms. The first-order valence-electron chi connectivity index (χ1n) is 3.19. The van der Waals surface area contributed by atoms with Gasteiger partial charge in [-0.2, -0.15) is 5.10 Å². The Kier molecular flexibility index (Phi) is 2.01. The summed E-state index contributed by atoms with van der Waals surface area (Å²) in [5.41, 5.74) is 0. The standard InChI is InChI=1S/C6H12N4/c1-6-7-4-8-10(6)5-9(2)3/h4H,5H2,1-3H3.